The first-order chi connectivity index (χ1) is 16.4. The van der Waals surface area contributed by atoms with E-state index in [-0.39, 0.29) is 17.3 Å². The van der Waals surface area contributed by atoms with E-state index in [0.717, 1.165) is 16.7 Å². The fourth-order valence-corrected chi connectivity index (χ4v) is 4.88. The summed E-state index contributed by atoms with van der Waals surface area (Å²) in [7, 11) is -3.78. The van der Waals surface area contributed by atoms with Crippen LogP contribution in [-0.4, -0.2) is 23.9 Å². The number of carbonyl (C=O) groups is 1. The van der Waals surface area contributed by atoms with Crippen molar-refractivity contribution >= 4 is 15.9 Å². The van der Waals surface area contributed by atoms with E-state index in [2.05, 4.69) is 15.0 Å². The topological polar surface area (TPSA) is 93.1 Å². The molecule has 0 saturated heterocycles. The molecule has 0 atom stereocenters. The summed E-state index contributed by atoms with van der Waals surface area (Å²) < 4.78 is 30.4. The Morgan fingerprint density at radius 2 is 1.68 bits per heavy atom. The Kier molecular flexibility index (Phi) is 7.20. The van der Waals surface area contributed by atoms with Crippen LogP contribution in [-0.2, 0) is 29.7 Å². The van der Waals surface area contributed by atoms with Gasteiger partial charge in [-0.25, -0.2) is 18.1 Å². The largest absolute Gasteiger partial charge is 0.348 e. The molecule has 1 aromatic heterocycles. The minimum atomic E-state index is -3.78. The van der Waals surface area contributed by atoms with Gasteiger partial charge in [0.15, 0.2) is 0 Å². The van der Waals surface area contributed by atoms with Gasteiger partial charge in [0.25, 0.3) is 5.91 Å². The van der Waals surface area contributed by atoms with Crippen LogP contribution in [0.2, 0.25) is 0 Å². The summed E-state index contributed by atoms with van der Waals surface area (Å²) in [4.78, 5) is 16.9. The molecule has 7 nitrogen and oxygen atoms in total. The highest BCUT2D eigenvalue weighted by molar-refractivity contribution is 7.89. The molecule has 0 saturated carbocycles. The summed E-state index contributed by atoms with van der Waals surface area (Å²) in [5, 5.41) is 2.88. The first-order valence-electron chi connectivity index (χ1n) is 10.9. The van der Waals surface area contributed by atoms with Gasteiger partial charge in [0.2, 0.25) is 10.0 Å². The van der Waals surface area contributed by atoms with E-state index in [1.165, 1.54) is 6.07 Å². The number of aryl methyl sites for hydroxylation is 1. The number of aromatic nitrogens is 2. The number of hydrogen-bond donors (Lipinski definition) is 2. The van der Waals surface area contributed by atoms with Crippen molar-refractivity contribution < 1.29 is 13.2 Å². The molecule has 8 heteroatoms. The zero-order valence-corrected chi connectivity index (χ0v) is 19.6. The predicted molar refractivity (Wildman–Crippen MR) is 131 cm³/mol. The Hall–Kier alpha value is -3.75. The van der Waals surface area contributed by atoms with Crippen molar-refractivity contribution in [1.29, 1.82) is 0 Å². The number of benzene rings is 3. The fraction of sp³-hybridized carbons (Fsp3) is 0.154. The molecule has 2 N–H and O–H groups in total. The zero-order valence-electron chi connectivity index (χ0n) is 18.8. The maximum absolute atomic E-state index is 12.9. The summed E-state index contributed by atoms with van der Waals surface area (Å²) in [5.41, 5.74) is 3.77. The SMILES string of the molecule is Cc1ccc(C(=O)NCc2cccc(Cn3ccnc3)c2)cc1S(=O)(=O)NCc1ccccc1. The number of sulfonamides is 1. The maximum Gasteiger partial charge on any atom is 0.251 e. The van der Waals surface area contributed by atoms with Crippen molar-refractivity contribution in [2.75, 3.05) is 0 Å². The van der Waals surface area contributed by atoms with E-state index in [9.17, 15) is 13.2 Å². The van der Waals surface area contributed by atoms with Gasteiger partial charge in [0.05, 0.1) is 11.2 Å². The summed E-state index contributed by atoms with van der Waals surface area (Å²) >= 11 is 0. The number of amides is 1. The smallest absolute Gasteiger partial charge is 0.251 e. The van der Waals surface area contributed by atoms with Crippen LogP contribution in [0, 0.1) is 6.92 Å². The lowest BCUT2D eigenvalue weighted by Gasteiger charge is -2.12. The fourth-order valence-electron chi connectivity index (χ4n) is 3.60. The number of rotatable bonds is 9. The standard InChI is InChI=1S/C26H26N4O3S/c1-20-10-11-24(15-25(20)34(32,33)29-17-21-6-3-2-4-7-21)26(31)28-16-22-8-5-9-23(14-22)18-30-13-12-27-19-30/h2-15,19,29H,16-18H2,1H3,(H,28,31). The second kappa shape index (κ2) is 10.5. The molecule has 1 heterocycles. The normalized spacial score (nSPS) is 11.3. The van der Waals surface area contributed by atoms with Gasteiger partial charge in [-0.15, -0.1) is 0 Å². The highest BCUT2D eigenvalue weighted by Gasteiger charge is 2.19. The molecule has 0 aliphatic carbocycles. The van der Waals surface area contributed by atoms with Crippen LogP contribution < -0.4 is 10.0 Å². The number of nitrogens with one attached hydrogen (secondary N) is 2. The van der Waals surface area contributed by atoms with Crippen LogP contribution in [0.3, 0.4) is 0 Å². The van der Waals surface area contributed by atoms with Crippen LogP contribution in [0.1, 0.15) is 32.6 Å². The van der Waals surface area contributed by atoms with E-state index in [0.29, 0.717) is 24.2 Å². The van der Waals surface area contributed by atoms with Gasteiger partial charge >= 0.3 is 0 Å². The molecule has 174 valence electrons. The van der Waals surface area contributed by atoms with E-state index < -0.39 is 10.0 Å². The summed E-state index contributed by atoms with van der Waals surface area (Å²) in [6.07, 6.45) is 5.38. The molecule has 0 bridgehead atoms. The summed E-state index contributed by atoms with van der Waals surface area (Å²) in [6.45, 7) is 2.91. The lowest BCUT2D eigenvalue weighted by Crippen LogP contribution is -2.26. The minimum Gasteiger partial charge on any atom is -0.348 e. The third kappa shape index (κ3) is 5.98. The first-order valence-corrected chi connectivity index (χ1v) is 12.3. The highest BCUT2D eigenvalue weighted by Crippen LogP contribution is 2.18. The third-order valence-electron chi connectivity index (χ3n) is 5.42. The number of hydrogen-bond acceptors (Lipinski definition) is 4. The molecular formula is C26H26N4O3S. The monoisotopic (exact) mass is 474 g/mol. The maximum atomic E-state index is 12.9. The summed E-state index contributed by atoms with van der Waals surface area (Å²) in [5.74, 6) is -0.334. The van der Waals surface area contributed by atoms with Crippen molar-refractivity contribution in [3.8, 4) is 0 Å². The van der Waals surface area contributed by atoms with Crippen LogP contribution in [0.15, 0.2) is 96.4 Å². The minimum absolute atomic E-state index is 0.0958. The van der Waals surface area contributed by atoms with Gasteiger partial charge in [-0.05, 0) is 41.3 Å². The Labute approximate surface area is 199 Å². The van der Waals surface area contributed by atoms with Crippen LogP contribution in [0.4, 0.5) is 0 Å². The molecular weight excluding hydrogens is 448 g/mol. The lowest BCUT2D eigenvalue weighted by atomic mass is 10.1. The average Bonchev–Trinajstić information content (AvgIpc) is 3.35. The first kappa shape index (κ1) is 23.4. The van der Waals surface area contributed by atoms with E-state index in [1.807, 2.05) is 65.4 Å². The second-order valence-electron chi connectivity index (χ2n) is 8.03. The van der Waals surface area contributed by atoms with Crippen LogP contribution in [0.5, 0.6) is 0 Å². The molecule has 0 spiro atoms. The van der Waals surface area contributed by atoms with Gasteiger partial charge in [0, 0.05) is 37.6 Å². The van der Waals surface area contributed by atoms with Gasteiger partial charge in [-0.3, -0.25) is 4.79 Å². The van der Waals surface area contributed by atoms with E-state index >= 15 is 0 Å². The van der Waals surface area contributed by atoms with Crippen molar-refractivity contribution in [1.82, 2.24) is 19.6 Å². The number of carbonyl (C=O) groups excluding carboxylic acids is 1. The van der Waals surface area contributed by atoms with Crippen LogP contribution in [0.25, 0.3) is 0 Å². The molecule has 3 aromatic carbocycles. The molecule has 34 heavy (non-hydrogen) atoms. The van der Waals surface area contributed by atoms with Gasteiger partial charge in [0.1, 0.15) is 0 Å². The zero-order chi connectivity index (χ0) is 24.0. The van der Waals surface area contributed by atoms with Crippen molar-refractivity contribution in [3.63, 3.8) is 0 Å². The average molecular weight is 475 g/mol. The van der Waals surface area contributed by atoms with E-state index in [4.69, 9.17) is 0 Å². The molecule has 4 aromatic rings. The lowest BCUT2D eigenvalue weighted by molar-refractivity contribution is 0.0950. The Balaban J connectivity index is 1.42. The van der Waals surface area contributed by atoms with Crippen molar-refractivity contribution in [3.05, 3.63) is 119 Å². The Morgan fingerprint density at radius 1 is 0.912 bits per heavy atom. The van der Waals surface area contributed by atoms with Gasteiger partial charge in [-0.2, -0.15) is 0 Å². The third-order valence-corrected chi connectivity index (χ3v) is 6.96. The molecule has 1 amide bonds. The summed E-state index contributed by atoms with van der Waals surface area (Å²) in [6, 6.07) is 21.9. The van der Waals surface area contributed by atoms with Gasteiger partial charge in [-0.1, -0.05) is 60.7 Å². The highest BCUT2D eigenvalue weighted by atomic mass is 32.2. The quantitative estimate of drug-likeness (QED) is 0.387. The molecule has 0 aliphatic heterocycles. The molecule has 4 rings (SSSR count). The Morgan fingerprint density at radius 3 is 2.44 bits per heavy atom. The number of nitrogens with zero attached hydrogens (tertiary/aromatic N) is 2. The Bertz CT molecular complexity index is 1370. The molecule has 0 aliphatic rings. The number of imidazole rings is 1. The second-order valence-corrected chi connectivity index (χ2v) is 9.76. The molecule has 0 radical (unpaired) electrons. The van der Waals surface area contributed by atoms with Crippen LogP contribution >= 0.6 is 0 Å². The molecule has 0 fully saturated rings. The van der Waals surface area contributed by atoms with Gasteiger partial charge < -0.3 is 9.88 Å². The predicted octanol–water partition coefficient (Wildman–Crippen LogP) is 3.65. The van der Waals surface area contributed by atoms with Crippen molar-refractivity contribution in [2.45, 2.75) is 31.5 Å². The van der Waals surface area contributed by atoms with E-state index in [1.54, 1.807) is 31.6 Å². The van der Waals surface area contributed by atoms with Crippen molar-refractivity contribution in [2.24, 2.45) is 0 Å². The molecule has 0 unspecified atom stereocenters.